The molecule has 13 heavy (non-hydrogen) atoms. The van der Waals surface area contributed by atoms with Crippen molar-refractivity contribution in [2.24, 2.45) is 5.92 Å². The molecule has 1 aliphatic heterocycles. The average molecular weight is 188 g/mol. The van der Waals surface area contributed by atoms with Gasteiger partial charge < -0.3 is 14.6 Å². The number of carboxylic acid groups (broad SMARTS) is 1. The van der Waals surface area contributed by atoms with Crippen LogP contribution in [0.4, 0.5) is 0 Å². The summed E-state index contributed by atoms with van der Waals surface area (Å²) < 4.78 is 10.9. The lowest BCUT2D eigenvalue weighted by atomic mass is 10.0. The predicted molar refractivity (Wildman–Crippen MR) is 46.6 cm³/mol. The van der Waals surface area contributed by atoms with Gasteiger partial charge in [0, 0.05) is 0 Å². The van der Waals surface area contributed by atoms with Gasteiger partial charge in [0.15, 0.2) is 0 Å². The van der Waals surface area contributed by atoms with Crippen molar-refractivity contribution in [2.75, 3.05) is 13.2 Å². The van der Waals surface area contributed by atoms with Crippen LogP contribution in [0.3, 0.4) is 0 Å². The lowest BCUT2D eigenvalue weighted by Crippen LogP contribution is -2.47. The van der Waals surface area contributed by atoms with Gasteiger partial charge in [-0.2, -0.15) is 0 Å². The summed E-state index contributed by atoms with van der Waals surface area (Å²) in [4.78, 5) is 10.7. The summed E-state index contributed by atoms with van der Waals surface area (Å²) in [5, 5.41) is 8.77. The van der Waals surface area contributed by atoms with Crippen LogP contribution < -0.4 is 0 Å². The number of hydrogen-bond acceptors (Lipinski definition) is 3. The number of ether oxygens (including phenoxy) is 2. The fourth-order valence-electron chi connectivity index (χ4n) is 1.30. The molecule has 4 heteroatoms. The molecule has 0 aromatic rings. The molecule has 1 unspecified atom stereocenters. The van der Waals surface area contributed by atoms with Crippen molar-refractivity contribution in [1.82, 2.24) is 0 Å². The lowest BCUT2D eigenvalue weighted by Gasteiger charge is -2.37. The fraction of sp³-hybridized carbons (Fsp3) is 0.889. The van der Waals surface area contributed by atoms with Gasteiger partial charge in [-0.05, 0) is 20.8 Å². The van der Waals surface area contributed by atoms with Gasteiger partial charge >= 0.3 is 5.97 Å². The van der Waals surface area contributed by atoms with Crippen LogP contribution in [0.15, 0.2) is 0 Å². The molecule has 0 radical (unpaired) electrons. The van der Waals surface area contributed by atoms with Crippen molar-refractivity contribution in [3.8, 4) is 0 Å². The van der Waals surface area contributed by atoms with Crippen LogP contribution in [0.2, 0.25) is 0 Å². The minimum atomic E-state index is -0.841. The van der Waals surface area contributed by atoms with E-state index >= 15 is 0 Å². The van der Waals surface area contributed by atoms with E-state index in [-0.39, 0.29) is 11.7 Å². The van der Waals surface area contributed by atoms with Crippen molar-refractivity contribution >= 4 is 5.97 Å². The number of hydrogen-bond donors (Lipinski definition) is 1. The van der Waals surface area contributed by atoms with Gasteiger partial charge in [0.2, 0.25) is 0 Å². The first-order valence-corrected chi connectivity index (χ1v) is 4.41. The third-order valence-corrected chi connectivity index (χ3v) is 2.15. The van der Waals surface area contributed by atoms with Crippen molar-refractivity contribution in [1.29, 1.82) is 0 Å². The third kappa shape index (κ3) is 2.67. The number of aliphatic carboxylic acids is 1. The first kappa shape index (κ1) is 10.5. The summed E-state index contributed by atoms with van der Waals surface area (Å²) in [5.74, 6) is -1.36. The van der Waals surface area contributed by atoms with E-state index in [0.717, 1.165) is 0 Å². The molecule has 1 rings (SSSR count). The molecule has 0 aromatic carbocycles. The molecule has 0 spiro atoms. The van der Waals surface area contributed by atoms with E-state index in [2.05, 4.69) is 0 Å². The summed E-state index contributed by atoms with van der Waals surface area (Å²) in [6.07, 6.45) is -0.332. The highest BCUT2D eigenvalue weighted by Gasteiger charge is 2.35. The zero-order chi connectivity index (χ0) is 10.1. The summed E-state index contributed by atoms with van der Waals surface area (Å²) in [5.41, 5.74) is -0.368. The Kier molecular flexibility index (Phi) is 2.93. The molecule has 0 aromatic heterocycles. The second-order valence-electron chi connectivity index (χ2n) is 4.06. The Balaban J connectivity index is 2.56. The average Bonchev–Trinajstić information content (AvgIpc) is 2.01. The van der Waals surface area contributed by atoms with Gasteiger partial charge in [0.25, 0.3) is 0 Å². The van der Waals surface area contributed by atoms with Gasteiger partial charge in [-0.1, -0.05) is 0 Å². The Hall–Kier alpha value is -0.610. The molecular weight excluding hydrogens is 172 g/mol. The van der Waals surface area contributed by atoms with Gasteiger partial charge in [-0.3, -0.25) is 4.79 Å². The minimum Gasteiger partial charge on any atom is -0.481 e. The van der Waals surface area contributed by atoms with Crippen LogP contribution in [-0.4, -0.2) is 36.0 Å². The first-order chi connectivity index (χ1) is 5.92. The maximum Gasteiger partial charge on any atom is 0.308 e. The van der Waals surface area contributed by atoms with Crippen LogP contribution in [0.5, 0.6) is 0 Å². The van der Waals surface area contributed by atoms with Gasteiger partial charge in [-0.25, -0.2) is 0 Å². The van der Waals surface area contributed by atoms with Crippen molar-refractivity contribution < 1.29 is 19.4 Å². The lowest BCUT2D eigenvalue weighted by molar-refractivity contribution is -0.201. The second kappa shape index (κ2) is 3.64. The summed E-state index contributed by atoms with van der Waals surface area (Å²) >= 11 is 0. The Morgan fingerprint density at radius 3 is 2.69 bits per heavy atom. The van der Waals surface area contributed by atoms with Gasteiger partial charge in [-0.15, -0.1) is 0 Å². The molecule has 1 aliphatic rings. The molecule has 0 aliphatic carbocycles. The fourth-order valence-corrected chi connectivity index (χ4v) is 1.30. The number of carboxylic acids is 1. The maximum atomic E-state index is 10.7. The van der Waals surface area contributed by atoms with E-state index in [9.17, 15) is 4.79 Å². The normalized spacial score (nSPS) is 29.6. The Labute approximate surface area is 77.8 Å². The van der Waals surface area contributed by atoms with Crippen LogP contribution in [0, 0.1) is 5.92 Å². The van der Waals surface area contributed by atoms with E-state index in [1.165, 1.54) is 0 Å². The largest absolute Gasteiger partial charge is 0.481 e. The Morgan fingerprint density at radius 1 is 1.62 bits per heavy atom. The van der Waals surface area contributed by atoms with Crippen LogP contribution in [-0.2, 0) is 14.3 Å². The Bertz CT molecular complexity index is 200. The molecule has 0 bridgehead atoms. The van der Waals surface area contributed by atoms with E-state index in [1.54, 1.807) is 6.92 Å². The summed E-state index contributed by atoms with van der Waals surface area (Å²) in [6, 6.07) is 0. The third-order valence-electron chi connectivity index (χ3n) is 2.15. The maximum absolute atomic E-state index is 10.7. The molecule has 1 saturated heterocycles. The van der Waals surface area contributed by atoms with Crippen molar-refractivity contribution in [2.45, 2.75) is 32.5 Å². The van der Waals surface area contributed by atoms with Crippen molar-refractivity contribution in [3.63, 3.8) is 0 Å². The van der Waals surface area contributed by atoms with Crippen LogP contribution >= 0.6 is 0 Å². The first-order valence-electron chi connectivity index (χ1n) is 4.41. The molecule has 0 amide bonds. The summed E-state index contributed by atoms with van der Waals surface area (Å²) in [6.45, 7) is 6.33. The van der Waals surface area contributed by atoms with Crippen molar-refractivity contribution in [3.05, 3.63) is 0 Å². The zero-order valence-corrected chi connectivity index (χ0v) is 8.24. The molecule has 1 heterocycles. The number of rotatable bonds is 2. The SMILES string of the molecule is C[C@H](C(=O)O)C1COCC(C)(C)O1. The highest BCUT2D eigenvalue weighted by Crippen LogP contribution is 2.23. The zero-order valence-electron chi connectivity index (χ0n) is 8.24. The smallest absolute Gasteiger partial charge is 0.308 e. The van der Waals surface area contributed by atoms with Gasteiger partial charge in [0.1, 0.15) is 0 Å². The van der Waals surface area contributed by atoms with E-state index in [4.69, 9.17) is 14.6 Å². The molecule has 76 valence electrons. The number of carbonyl (C=O) groups is 1. The van der Waals surface area contributed by atoms with Crippen LogP contribution in [0.25, 0.3) is 0 Å². The quantitative estimate of drug-likeness (QED) is 0.699. The monoisotopic (exact) mass is 188 g/mol. The molecule has 2 atom stereocenters. The predicted octanol–water partition coefficient (Wildman–Crippen LogP) is 0.901. The molecule has 4 nitrogen and oxygen atoms in total. The molecule has 1 fully saturated rings. The molecular formula is C9H16O4. The van der Waals surface area contributed by atoms with Crippen LogP contribution in [0.1, 0.15) is 20.8 Å². The second-order valence-corrected chi connectivity index (χ2v) is 4.06. The van der Waals surface area contributed by atoms with E-state index < -0.39 is 11.9 Å². The standard InChI is InChI=1S/C9H16O4/c1-6(8(10)11)7-4-12-5-9(2,3)13-7/h6-7H,4-5H2,1-3H3,(H,10,11)/t6-,7?/m0/s1. The summed E-state index contributed by atoms with van der Waals surface area (Å²) in [7, 11) is 0. The topological polar surface area (TPSA) is 55.8 Å². The van der Waals surface area contributed by atoms with Gasteiger partial charge in [0.05, 0.1) is 30.8 Å². The van der Waals surface area contributed by atoms with E-state index in [1.807, 2.05) is 13.8 Å². The molecule has 1 N–H and O–H groups in total. The Morgan fingerprint density at radius 2 is 2.23 bits per heavy atom. The minimum absolute atomic E-state index is 0.332. The van der Waals surface area contributed by atoms with E-state index in [0.29, 0.717) is 13.2 Å². The highest BCUT2D eigenvalue weighted by molar-refractivity contribution is 5.70. The molecule has 0 saturated carbocycles. The highest BCUT2D eigenvalue weighted by atomic mass is 16.6.